The summed E-state index contributed by atoms with van der Waals surface area (Å²) >= 11 is 0. The van der Waals surface area contributed by atoms with Crippen molar-refractivity contribution < 1.29 is 24.2 Å². The second kappa shape index (κ2) is 6.14. The van der Waals surface area contributed by atoms with E-state index in [1.165, 1.54) is 24.3 Å². The number of carboxylic acid groups (broad SMARTS) is 1. The number of carboxylic acids is 1. The van der Waals surface area contributed by atoms with Gasteiger partial charge in [0.1, 0.15) is 0 Å². The molecule has 0 heterocycles. The fourth-order valence-electron chi connectivity index (χ4n) is 1.00. The third-order valence-electron chi connectivity index (χ3n) is 1.76. The van der Waals surface area contributed by atoms with Crippen molar-refractivity contribution in [1.82, 2.24) is 0 Å². The van der Waals surface area contributed by atoms with E-state index >= 15 is 0 Å². The number of nitrogens with one attached hydrogen (secondary N) is 1. The molecule has 0 saturated carbocycles. The molecule has 1 aromatic carbocycles. The number of esters is 1. The van der Waals surface area contributed by atoms with Gasteiger partial charge in [0.05, 0.1) is 5.69 Å². The Morgan fingerprint density at radius 1 is 1.17 bits per heavy atom. The van der Waals surface area contributed by atoms with Gasteiger partial charge in [0.25, 0.3) is 0 Å². The van der Waals surface area contributed by atoms with E-state index in [9.17, 15) is 19.2 Å². The first-order chi connectivity index (χ1) is 8.50. The van der Waals surface area contributed by atoms with Gasteiger partial charge in [-0.2, -0.15) is 0 Å². The number of carbonyl (C=O) groups is 3. The Balaban J connectivity index is 2.71. The Morgan fingerprint density at radius 2 is 1.83 bits per heavy atom. The van der Waals surface area contributed by atoms with Gasteiger partial charge in [-0.25, -0.2) is 9.59 Å². The first kappa shape index (κ1) is 13.4. The molecule has 0 fully saturated rings. The standard InChI is InChI=1S/C11H9NO6/c13-8-5-3-1-2-4-7(8)12-10(16)11(17)18-6-9(14)15/h1-5H,6H2,(H,14,15)(H,12,13,16). The van der Waals surface area contributed by atoms with Gasteiger partial charge in [0, 0.05) is 0 Å². The first-order valence-corrected chi connectivity index (χ1v) is 4.80. The average molecular weight is 251 g/mol. The van der Waals surface area contributed by atoms with Crippen LogP contribution in [-0.2, 0) is 19.1 Å². The lowest BCUT2D eigenvalue weighted by molar-refractivity contribution is -0.158. The molecular formula is C11H9NO6. The molecule has 0 aliphatic carbocycles. The quantitative estimate of drug-likeness (QED) is 0.559. The molecule has 7 heteroatoms. The Kier molecular flexibility index (Phi) is 4.56. The van der Waals surface area contributed by atoms with Crippen LogP contribution in [0.4, 0.5) is 5.69 Å². The van der Waals surface area contributed by atoms with E-state index in [0.29, 0.717) is 0 Å². The van der Waals surface area contributed by atoms with Crippen molar-refractivity contribution in [2.75, 3.05) is 11.9 Å². The predicted molar refractivity (Wildman–Crippen MR) is 59.9 cm³/mol. The Bertz CT molecular complexity index is 539. The van der Waals surface area contributed by atoms with Crippen LogP contribution < -0.4 is 10.7 Å². The van der Waals surface area contributed by atoms with E-state index in [-0.39, 0.29) is 5.69 Å². The van der Waals surface area contributed by atoms with Crippen LogP contribution >= 0.6 is 0 Å². The van der Waals surface area contributed by atoms with Crippen LogP contribution in [0.15, 0.2) is 35.1 Å². The van der Waals surface area contributed by atoms with Gasteiger partial charge in [0.2, 0.25) is 5.43 Å². The van der Waals surface area contributed by atoms with Crippen LogP contribution in [0.3, 0.4) is 0 Å². The van der Waals surface area contributed by atoms with Crippen LogP contribution in [0, 0.1) is 0 Å². The summed E-state index contributed by atoms with van der Waals surface area (Å²) in [5.41, 5.74) is -0.586. The third-order valence-corrected chi connectivity index (χ3v) is 1.76. The maximum absolute atomic E-state index is 11.4. The number of aliphatic carboxylic acids is 1. The zero-order chi connectivity index (χ0) is 13.5. The van der Waals surface area contributed by atoms with Gasteiger partial charge in [-0.1, -0.05) is 18.2 Å². The van der Waals surface area contributed by atoms with E-state index in [4.69, 9.17) is 5.11 Å². The third kappa shape index (κ3) is 4.05. The molecule has 1 aromatic rings. The fraction of sp³-hybridized carbons (Fsp3) is 0.0909. The van der Waals surface area contributed by atoms with Crippen molar-refractivity contribution >= 4 is 23.5 Å². The molecule has 1 amide bonds. The van der Waals surface area contributed by atoms with Crippen molar-refractivity contribution in [1.29, 1.82) is 0 Å². The van der Waals surface area contributed by atoms with Crippen LogP contribution in [0.1, 0.15) is 0 Å². The molecule has 0 spiro atoms. The highest BCUT2D eigenvalue weighted by Crippen LogP contribution is 1.97. The second-order valence-corrected chi connectivity index (χ2v) is 3.11. The smallest absolute Gasteiger partial charge is 0.397 e. The van der Waals surface area contributed by atoms with Gasteiger partial charge >= 0.3 is 17.8 Å². The molecule has 0 saturated heterocycles. The normalized spacial score (nSPS) is 9.33. The minimum absolute atomic E-state index is 0.0997. The Labute approximate surface area is 101 Å². The molecule has 1 rings (SSSR count). The van der Waals surface area contributed by atoms with Crippen molar-refractivity contribution in [2.24, 2.45) is 0 Å². The molecule has 0 bridgehead atoms. The lowest BCUT2D eigenvalue weighted by atomic mass is 10.4. The lowest BCUT2D eigenvalue weighted by Gasteiger charge is -2.02. The van der Waals surface area contributed by atoms with Crippen LogP contribution in [-0.4, -0.2) is 29.6 Å². The highest BCUT2D eigenvalue weighted by atomic mass is 16.6. The minimum Gasteiger partial charge on any atom is -0.479 e. The number of rotatable bonds is 3. The van der Waals surface area contributed by atoms with Crippen LogP contribution in [0.2, 0.25) is 0 Å². The highest BCUT2D eigenvalue weighted by Gasteiger charge is 2.17. The van der Waals surface area contributed by atoms with Gasteiger partial charge in [-0.05, 0) is 12.1 Å². The number of amides is 1. The summed E-state index contributed by atoms with van der Waals surface area (Å²) in [5.74, 6) is -3.96. The summed E-state index contributed by atoms with van der Waals surface area (Å²) in [7, 11) is 0. The van der Waals surface area contributed by atoms with Crippen LogP contribution in [0.5, 0.6) is 0 Å². The van der Waals surface area contributed by atoms with Gasteiger partial charge in [0.15, 0.2) is 6.61 Å². The molecule has 0 unspecified atom stereocenters. The monoisotopic (exact) mass is 251 g/mol. The number of carbonyl (C=O) groups excluding carboxylic acids is 2. The summed E-state index contributed by atoms with van der Waals surface area (Å²) in [4.78, 5) is 43.8. The zero-order valence-corrected chi connectivity index (χ0v) is 9.08. The lowest BCUT2D eigenvalue weighted by Crippen LogP contribution is -2.28. The molecule has 0 aromatic heterocycles. The molecule has 7 nitrogen and oxygen atoms in total. The first-order valence-electron chi connectivity index (χ1n) is 4.80. The van der Waals surface area contributed by atoms with Crippen LogP contribution in [0.25, 0.3) is 0 Å². The van der Waals surface area contributed by atoms with Gasteiger partial charge in [-0.3, -0.25) is 9.59 Å². The molecule has 0 aliphatic rings. The van der Waals surface area contributed by atoms with Crippen molar-refractivity contribution in [3.8, 4) is 0 Å². The van der Waals surface area contributed by atoms with Crippen molar-refractivity contribution in [3.63, 3.8) is 0 Å². The fourth-order valence-corrected chi connectivity index (χ4v) is 1.00. The summed E-state index contributed by atoms with van der Waals surface area (Å²) in [6.45, 7) is -0.918. The topological polar surface area (TPSA) is 110 Å². The molecule has 0 aliphatic heterocycles. The highest BCUT2D eigenvalue weighted by molar-refractivity contribution is 6.37. The van der Waals surface area contributed by atoms with E-state index in [2.05, 4.69) is 4.74 Å². The molecular weight excluding hydrogens is 242 g/mol. The van der Waals surface area contributed by atoms with Crippen molar-refractivity contribution in [2.45, 2.75) is 0 Å². The van der Waals surface area contributed by atoms with Gasteiger partial charge < -0.3 is 15.2 Å². The molecule has 2 N–H and O–H groups in total. The largest absolute Gasteiger partial charge is 0.479 e. The molecule has 94 valence electrons. The number of ether oxygens (including phenoxy) is 1. The van der Waals surface area contributed by atoms with E-state index in [1.807, 2.05) is 5.32 Å². The summed E-state index contributed by atoms with van der Waals surface area (Å²) < 4.78 is 4.15. The zero-order valence-electron chi connectivity index (χ0n) is 9.08. The maximum Gasteiger partial charge on any atom is 0.397 e. The SMILES string of the molecule is O=C(O)COC(=O)C(=O)Nc1cccccc1=O. The second-order valence-electron chi connectivity index (χ2n) is 3.11. The molecule has 0 radical (unpaired) electrons. The van der Waals surface area contributed by atoms with E-state index in [0.717, 1.165) is 0 Å². The van der Waals surface area contributed by atoms with Gasteiger partial charge in [-0.15, -0.1) is 0 Å². The van der Waals surface area contributed by atoms with E-state index in [1.54, 1.807) is 6.07 Å². The predicted octanol–water partition coefficient (Wildman–Crippen LogP) is -0.387. The molecule has 0 atom stereocenters. The summed E-state index contributed by atoms with van der Waals surface area (Å²) in [5, 5.41) is 10.3. The number of hydrogen-bond acceptors (Lipinski definition) is 5. The number of hydrogen-bond donors (Lipinski definition) is 2. The maximum atomic E-state index is 11.4. The van der Waals surface area contributed by atoms with Crippen molar-refractivity contribution in [3.05, 3.63) is 40.6 Å². The number of anilines is 1. The Morgan fingerprint density at radius 3 is 2.50 bits per heavy atom. The summed E-state index contributed by atoms with van der Waals surface area (Å²) in [6.07, 6.45) is 0. The average Bonchev–Trinajstić information content (AvgIpc) is 2.51. The summed E-state index contributed by atoms with van der Waals surface area (Å²) in [6, 6.07) is 7.06. The Hall–Kier alpha value is -2.70. The minimum atomic E-state index is -1.38. The van der Waals surface area contributed by atoms with E-state index < -0.39 is 29.9 Å². The molecule has 18 heavy (non-hydrogen) atoms.